The van der Waals surface area contributed by atoms with Gasteiger partial charge in [-0.15, -0.1) is 0 Å². The summed E-state index contributed by atoms with van der Waals surface area (Å²) in [5.74, 6) is 0.0971. The molecule has 46 heavy (non-hydrogen) atoms. The summed E-state index contributed by atoms with van der Waals surface area (Å²) in [5.41, 5.74) is 5.12. The molecule has 2 aliphatic rings. The molecule has 7 rings (SSSR count). The average Bonchev–Trinajstić information content (AvgIpc) is 3.69. The number of para-hydroxylation sites is 1. The maximum absolute atomic E-state index is 14.0. The van der Waals surface area contributed by atoms with E-state index in [0.29, 0.717) is 16.2 Å². The Morgan fingerprint density at radius 3 is 2.26 bits per heavy atom. The molecule has 1 saturated heterocycles. The van der Waals surface area contributed by atoms with E-state index in [2.05, 4.69) is 39.1 Å². The Kier molecular flexibility index (Phi) is 8.76. The van der Waals surface area contributed by atoms with Crippen LogP contribution >= 0.6 is 11.8 Å². The fraction of sp³-hybridized carbons (Fsp3) is 0.162. The standard InChI is InChI=1S/C37H32FN5O2S/c38-33-14-8-7-11-29(33)26-45-32-17-15-28(16-18-32)35-30(25-43(40-35)31-12-5-2-6-13-31)23-34-36(44)39-37(46-34)42-21-19-41(20-22-42)24-27-9-3-1-4-10-27/h1-18,23,25H,19-22,24,26H2. The number of hydrogen-bond donors (Lipinski definition) is 0. The number of benzene rings is 4. The van der Waals surface area contributed by atoms with Crippen LogP contribution in [0.1, 0.15) is 16.7 Å². The fourth-order valence-electron chi connectivity index (χ4n) is 5.53. The van der Waals surface area contributed by atoms with Gasteiger partial charge in [-0.1, -0.05) is 66.7 Å². The average molecular weight is 630 g/mol. The molecule has 9 heteroatoms. The first-order valence-corrected chi connectivity index (χ1v) is 16.1. The van der Waals surface area contributed by atoms with Crippen molar-refractivity contribution in [2.45, 2.75) is 13.2 Å². The maximum Gasteiger partial charge on any atom is 0.286 e. The van der Waals surface area contributed by atoms with Crippen molar-refractivity contribution in [3.05, 3.63) is 143 Å². The van der Waals surface area contributed by atoms with E-state index in [0.717, 1.165) is 60.4 Å². The zero-order chi connectivity index (χ0) is 31.3. The summed E-state index contributed by atoms with van der Waals surface area (Å²) in [5, 5.41) is 5.67. The molecule has 230 valence electrons. The van der Waals surface area contributed by atoms with Crippen LogP contribution in [0.2, 0.25) is 0 Å². The van der Waals surface area contributed by atoms with Gasteiger partial charge >= 0.3 is 0 Å². The highest BCUT2D eigenvalue weighted by molar-refractivity contribution is 8.18. The zero-order valence-corrected chi connectivity index (χ0v) is 25.9. The summed E-state index contributed by atoms with van der Waals surface area (Å²) in [6, 6.07) is 34.5. The van der Waals surface area contributed by atoms with Gasteiger partial charge < -0.3 is 9.64 Å². The predicted octanol–water partition coefficient (Wildman–Crippen LogP) is 7.05. The molecular formula is C37H32FN5O2S. The van der Waals surface area contributed by atoms with Crippen LogP contribution in [-0.4, -0.2) is 56.8 Å². The van der Waals surface area contributed by atoms with Gasteiger partial charge in [-0.2, -0.15) is 10.1 Å². The Morgan fingerprint density at radius 2 is 1.52 bits per heavy atom. The van der Waals surface area contributed by atoms with Crippen molar-refractivity contribution < 1.29 is 13.9 Å². The maximum atomic E-state index is 14.0. The van der Waals surface area contributed by atoms with E-state index < -0.39 is 0 Å². The van der Waals surface area contributed by atoms with Gasteiger partial charge in [-0.25, -0.2) is 9.07 Å². The second-order valence-corrected chi connectivity index (χ2v) is 12.2. The number of rotatable bonds is 8. The van der Waals surface area contributed by atoms with E-state index in [4.69, 9.17) is 9.84 Å². The number of halogens is 1. The molecule has 0 unspecified atom stereocenters. The van der Waals surface area contributed by atoms with Crippen LogP contribution in [-0.2, 0) is 17.9 Å². The number of aliphatic imine (C=N–C) groups is 1. The Hall–Kier alpha value is -4.99. The molecule has 7 nitrogen and oxygen atoms in total. The van der Waals surface area contributed by atoms with E-state index in [9.17, 15) is 9.18 Å². The van der Waals surface area contributed by atoms with Crippen LogP contribution < -0.4 is 4.74 Å². The van der Waals surface area contributed by atoms with Crippen molar-refractivity contribution in [1.29, 1.82) is 0 Å². The summed E-state index contributed by atoms with van der Waals surface area (Å²) in [4.78, 5) is 22.8. The van der Waals surface area contributed by atoms with Gasteiger partial charge in [0.15, 0.2) is 5.17 Å². The number of ether oxygens (including phenoxy) is 1. The van der Waals surface area contributed by atoms with Crippen LogP contribution in [0.25, 0.3) is 23.0 Å². The van der Waals surface area contributed by atoms with Crippen LogP contribution in [0.3, 0.4) is 0 Å². The quantitative estimate of drug-likeness (QED) is 0.172. The van der Waals surface area contributed by atoms with E-state index >= 15 is 0 Å². The molecule has 1 amide bonds. The third-order valence-corrected chi connectivity index (χ3v) is 9.08. The Bertz CT molecular complexity index is 1880. The largest absolute Gasteiger partial charge is 0.489 e. The zero-order valence-electron chi connectivity index (χ0n) is 25.1. The fourth-order valence-corrected chi connectivity index (χ4v) is 6.48. The van der Waals surface area contributed by atoms with Crippen molar-refractivity contribution in [1.82, 2.24) is 19.6 Å². The van der Waals surface area contributed by atoms with Crippen LogP contribution in [0, 0.1) is 5.82 Å². The molecule has 0 bridgehead atoms. The van der Waals surface area contributed by atoms with E-state index in [1.807, 2.05) is 77.6 Å². The number of carbonyl (C=O) groups excluding carboxylic acids is 1. The highest BCUT2D eigenvalue weighted by Crippen LogP contribution is 2.34. The Labute approximate surface area is 271 Å². The second-order valence-electron chi connectivity index (χ2n) is 11.2. The van der Waals surface area contributed by atoms with Gasteiger partial charge in [0.2, 0.25) is 0 Å². The van der Waals surface area contributed by atoms with Gasteiger partial charge in [0, 0.05) is 55.6 Å². The SMILES string of the molecule is O=C1N=C(N2CCN(Cc3ccccc3)CC2)SC1=Cc1cn(-c2ccccc2)nc1-c1ccc(OCc2ccccc2F)cc1. The molecular weight excluding hydrogens is 598 g/mol. The lowest BCUT2D eigenvalue weighted by atomic mass is 10.1. The lowest BCUT2D eigenvalue weighted by Gasteiger charge is -2.35. The smallest absolute Gasteiger partial charge is 0.286 e. The molecule has 2 aliphatic heterocycles. The number of nitrogens with zero attached hydrogens (tertiary/aromatic N) is 5. The highest BCUT2D eigenvalue weighted by Gasteiger charge is 2.29. The van der Waals surface area contributed by atoms with Gasteiger partial charge in [0.05, 0.1) is 16.3 Å². The molecule has 0 aliphatic carbocycles. The molecule has 0 spiro atoms. The van der Waals surface area contributed by atoms with Crippen molar-refractivity contribution in [2.75, 3.05) is 26.2 Å². The minimum absolute atomic E-state index is 0.135. The summed E-state index contributed by atoms with van der Waals surface area (Å²) in [6.07, 6.45) is 3.83. The topological polar surface area (TPSA) is 63.0 Å². The first-order valence-electron chi connectivity index (χ1n) is 15.2. The molecule has 4 aromatic carbocycles. The number of amides is 1. The molecule has 0 saturated carbocycles. The van der Waals surface area contributed by atoms with E-state index in [1.165, 1.54) is 23.4 Å². The van der Waals surface area contributed by atoms with Gasteiger partial charge in [0.25, 0.3) is 5.91 Å². The molecule has 3 heterocycles. The first-order chi connectivity index (χ1) is 22.6. The third-order valence-electron chi connectivity index (χ3n) is 8.03. The van der Waals surface area contributed by atoms with Gasteiger partial charge in [-0.3, -0.25) is 9.69 Å². The monoisotopic (exact) mass is 629 g/mol. The normalized spacial score (nSPS) is 16.2. The third kappa shape index (κ3) is 6.80. The summed E-state index contributed by atoms with van der Waals surface area (Å²) < 4.78 is 21.7. The van der Waals surface area contributed by atoms with Crippen LogP contribution in [0.4, 0.5) is 4.39 Å². The van der Waals surface area contributed by atoms with Gasteiger partial charge in [-0.05, 0) is 65.9 Å². The van der Waals surface area contributed by atoms with Crippen molar-refractivity contribution in [3.63, 3.8) is 0 Å². The van der Waals surface area contributed by atoms with Crippen molar-refractivity contribution >= 4 is 28.9 Å². The number of carbonyl (C=O) groups is 1. The minimum atomic E-state index is -0.292. The first kappa shape index (κ1) is 29.7. The molecule has 0 radical (unpaired) electrons. The van der Waals surface area contributed by atoms with Crippen molar-refractivity contribution in [3.8, 4) is 22.7 Å². The number of amidine groups is 1. The highest BCUT2D eigenvalue weighted by atomic mass is 32.2. The van der Waals surface area contributed by atoms with Crippen molar-refractivity contribution in [2.24, 2.45) is 4.99 Å². The lowest BCUT2D eigenvalue weighted by molar-refractivity contribution is -0.113. The minimum Gasteiger partial charge on any atom is -0.489 e. The van der Waals surface area contributed by atoms with E-state index in [-0.39, 0.29) is 18.3 Å². The predicted molar refractivity (Wildman–Crippen MR) is 181 cm³/mol. The summed E-state index contributed by atoms with van der Waals surface area (Å²) >= 11 is 1.42. The number of aromatic nitrogens is 2. The number of thioether (sulfide) groups is 1. The molecule has 1 aromatic heterocycles. The van der Waals surface area contributed by atoms with Gasteiger partial charge in [0.1, 0.15) is 18.2 Å². The van der Waals surface area contributed by atoms with Crippen LogP contribution in [0.5, 0.6) is 5.75 Å². The lowest BCUT2D eigenvalue weighted by Crippen LogP contribution is -2.47. The molecule has 1 fully saturated rings. The number of piperazine rings is 1. The second kappa shape index (κ2) is 13.6. The Balaban J connectivity index is 1.08. The van der Waals surface area contributed by atoms with Crippen LogP contribution in [0.15, 0.2) is 125 Å². The summed E-state index contributed by atoms with van der Waals surface area (Å²) in [6.45, 7) is 4.52. The molecule has 0 N–H and O–H groups in total. The molecule has 5 aromatic rings. The summed E-state index contributed by atoms with van der Waals surface area (Å²) in [7, 11) is 0. The number of hydrogen-bond acceptors (Lipinski definition) is 6. The molecule has 0 atom stereocenters. The van der Waals surface area contributed by atoms with E-state index in [1.54, 1.807) is 18.2 Å². The Morgan fingerprint density at radius 1 is 0.826 bits per heavy atom.